The zero-order valence-corrected chi connectivity index (χ0v) is 14.5. The molecule has 0 rings (SSSR count). The Morgan fingerprint density at radius 1 is 0.619 bits per heavy atom. The first-order valence-corrected chi connectivity index (χ1v) is 8.20. The van der Waals surface area contributed by atoms with E-state index < -0.39 is 0 Å². The molecule has 0 aromatic rings. The van der Waals surface area contributed by atoms with E-state index in [0.717, 1.165) is 58.5 Å². The second-order valence-electron chi connectivity index (χ2n) is 7.43. The average Bonchev–Trinajstić information content (AvgIpc) is 2.44. The van der Waals surface area contributed by atoms with Crippen LogP contribution in [0.1, 0.15) is 59.8 Å². The number of hydrogen-bond acceptors (Lipinski definition) is 4. The number of rotatable bonds is 14. The quantitative estimate of drug-likeness (QED) is 0.484. The molecule has 4 heteroatoms. The molecule has 0 saturated heterocycles. The molecule has 0 spiro atoms. The fraction of sp³-hybridized carbons (Fsp3) is 1.00. The van der Waals surface area contributed by atoms with Crippen LogP contribution in [-0.2, 0) is 9.47 Å². The summed E-state index contributed by atoms with van der Waals surface area (Å²) in [5.74, 6) is 0. The molecule has 0 aliphatic carbocycles. The molecular weight excluding hydrogens is 268 g/mol. The fourth-order valence-electron chi connectivity index (χ4n) is 1.93. The van der Waals surface area contributed by atoms with Gasteiger partial charge < -0.3 is 19.7 Å². The van der Waals surface area contributed by atoms with Gasteiger partial charge in [0.05, 0.1) is 0 Å². The molecule has 0 aromatic heterocycles. The number of hydrogen-bond donors (Lipinski definition) is 2. The van der Waals surface area contributed by atoms with Crippen molar-refractivity contribution in [2.45, 2.75) is 59.8 Å². The second kappa shape index (κ2) is 11.4. The molecule has 21 heavy (non-hydrogen) atoms. The summed E-state index contributed by atoms with van der Waals surface area (Å²) in [7, 11) is 0. The lowest BCUT2D eigenvalue weighted by Crippen LogP contribution is -2.17. The highest BCUT2D eigenvalue weighted by Crippen LogP contribution is 2.21. The summed E-state index contributed by atoms with van der Waals surface area (Å²) in [4.78, 5) is 0. The van der Waals surface area contributed by atoms with Crippen molar-refractivity contribution in [1.29, 1.82) is 0 Å². The van der Waals surface area contributed by atoms with E-state index >= 15 is 0 Å². The second-order valence-corrected chi connectivity index (χ2v) is 7.43. The maximum atomic E-state index is 9.13. The van der Waals surface area contributed by atoms with Gasteiger partial charge in [0.1, 0.15) is 0 Å². The van der Waals surface area contributed by atoms with Crippen molar-refractivity contribution < 1.29 is 19.7 Å². The van der Waals surface area contributed by atoms with Gasteiger partial charge in [-0.1, -0.05) is 27.7 Å². The molecule has 0 aliphatic heterocycles. The van der Waals surface area contributed by atoms with Gasteiger partial charge in [0.15, 0.2) is 0 Å². The normalized spacial score (nSPS) is 12.9. The lowest BCUT2D eigenvalue weighted by atomic mass is 9.89. The molecule has 0 amide bonds. The molecule has 0 unspecified atom stereocenters. The zero-order chi connectivity index (χ0) is 16.2. The van der Waals surface area contributed by atoms with Crippen LogP contribution in [0.5, 0.6) is 0 Å². The Morgan fingerprint density at radius 3 is 1.29 bits per heavy atom. The molecule has 0 heterocycles. The van der Waals surface area contributed by atoms with E-state index in [0.29, 0.717) is 0 Å². The summed E-state index contributed by atoms with van der Waals surface area (Å²) in [6.45, 7) is 11.7. The number of aliphatic hydroxyl groups is 2. The van der Waals surface area contributed by atoms with Gasteiger partial charge in [-0.3, -0.25) is 0 Å². The number of ether oxygens (including phenoxy) is 2. The van der Waals surface area contributed by atoms with Crippen molar-refractivity contribution in [1.82, 2.24) is 0 Å². The summed E-state index contributed by atoms with van der Waals surface area (Å²) in [5, 5.41) is 18.3. The predicted molar refractivity (Wildman–Crippen MR) is 86.5 cm³/mol. The van der Waals surface area contributed by atoms with Crippen LogP contribution in [0, 0.1) is 10.8 Å². The van der Waals surface area contributed by atoms with Crippen LogP contribution < -0.4 is 0 Å². The lowest BCUT2D eigenvalue weighted by Gasteiger charge is -2.21. The summed E-state index contributed by atoms with van der Waals surface area (Å²) in [6.07, 6.45) is 4.88. The smallest absolute Gasteiger partial charge is 0.0487 e. The molecule has 0 aromatic carbocycles. The van der Waals surface area contributed by atoms with Crippen molar-refractivity contribution >= 4 is 0 Å². The Balaban J connectivity index is 3.23. The standard InChI is InChI=1S/C17H36O4/c1-16(2,14-18)8-5-10-20-12-7-13-21-11-6-9-17(3,4)15-19/h18-19H,5-15H2,1-4H3. The summed E-state index contributed by atoms with van der Waals surface area (Å²) < 4.78 is 11.1. The Hall–Kier alpha value is -0.160. The fourth-order valence-corrected chi connectivity index (χ4v) is 1.93. The highest BCUT2D eigenvalue weighted by Gasteiger charge is 2.16. The van der Waals surface area contributed by atoms with Crippen molar-refractivity contribution in [3.05, 3.63) is 0 Å². The molecule has 0 saturated carbocycles. The van der Waals surface area contributed by atoms with Crippen LogP contribution in [0.25, 0.3) is 0 Å². The zero-order valence-electron chi connectivity index (χ0n) is 14.5. The Kier molecular flexibility index (Phi) is 11.3. The van der Waals surface area contributed by atoms with Gasteiger partial charge in [0.25, 0.3) is 0 Å². The van der Waals surface area contributed by atoms with Crippen molar-refractivity contribution in [3.63, 3.8) is 0 Å². The Morgan fingerprint density at radius 2 is 0.952 bits per heavy atom. The summed E-state index contributed by atoms with van der Waals surface area (Å²) in [6, 6.07) is 0. The van der Waals surface area contributed by atoms with E-state index in [9.17, 15) is 0 Å². The third kappa shape index (κ3) is 13.2. The minimum absolute atomic E-state index is 0.00875. The Bertz CT molecular complexity index is 215. The first kappa shape index (κ1) is 20.8. The van der Waals surface area contributed by atoms with E-state index in [1.54, 1.807) is 0 Å². The van der Waals surface area contributed by atoms with Crippen LogP contribution in [-0.4, -0.2) is 49.9 Å². The largest absolute Gasteiger partial charge is 0.396 e. The SMILES string of the molecule is CC(C)(CO)CCCOCCCOCCCC(C)(C)CO. The van der Waals surface area contributed by atoms with Gasteiger partial charge >= 0.3 is 0 Å². The van der Waals surface area contributed by atoms with Gasteiger partial charge in [-0.25, -0.2) is 0 Å². The average molecular weight is 304 g/mol. The third-order valence-corrected chi connectivity index (χ3v) is 3.72. The van der Waals surface area contributed by atoms with E-state index in [1.807, 2.05) is 0 Å². The van der Waals surface area contributed by atoms with Crippen LogP contribution >= 0.6 is 0 Å². The molecule has 0 fully saturated rings. The van der Waals surface area contributed by atoms with Crippen molar-refractivity contribution in [2.75, 3.05) is 39.6 Å². The molecule has 0 radical (unpaired) electrons. The molecular formula is C17H36O4. The molecule has 0 aliphatic rings. The first-order valence-electron chi connectivity index (χ1n) is 8.20. The first-order chi connectivity index (χ1) is 9.83. The molecule has 128 valence electrons. The number of aliphatic hydroxyl groups excluding tert-OH is 2. The molecule has 2 N–H and O–H groups in total. The van der Waals surface area contributed by atoms with E-state index in [1.165, 1.54) is 0 Å². The van der Waals surface area contributed by atoms with Gasteiger partial charge in [-0.2, -0.15) is 0 Å². The molecule has 4 nitrogen and oxygen atoms in total. The van der Waals surface area contributed by atoms with Crippen molar-refractivity contribution in [2.24, 2.45) is 10.8 Å². The molecule has 0 atom stereocenters. The predicted octanol–water partition coefficient (Wildman–Crippen LogP) is 3.01. The van der Waals surface area contributed by atoms with Gasteiger partial charge in [0, 0.05) is 39.6 Å². The van der Waals surface area contributed by atoms with Gasteiger partial charge in [0.2, 0.25) is 0 Å². The van der Waals surface area contributed by atoms with Crippen LogP contribution in [0.15, 0.2) is 0 Å². The highest BCUT2D eigenvalue weighted by atomic mass is 16.5. The topological polar surface area (TPSA) is 58.9 Å². The van der Waals surface area contributed by atoms with Crippen LogP contribution in [0.3, 0.4) is 0 Å². The van der Waals surface area contributed by atoms with Gasteiger partial charge in [-0.05, 0) is 42.9 Å². The summed E-state index contributed by atoms with van der Waals surface area (Å²) in [5.41, 5.74) is 0.0175. The van der Waals surface area contributed by atoms with Crippen molar-refractivity contribution in [3.8, 4) is 0 Å². The highest BCUT2D eigenvalue weighted by molar-refractivity contribution is 4.66. The summed E-state index contributed by atoms with van der Waals surface area (Å²) >= 11 is 0. The monoisotopic (exact) mass is 304 g/mol. The van der Waals surface area contributed by atoms with E-state index in [-0.39, 0.29) is 24.0 Å². The van der Waals surface area contributed by atoms with Gasteiger partial charge in [-0.15, -0.1) is 0 Å². The lowest BCUT2D eigenvalue weighted by molar-refractivity contribution is 0.0665. The maximum absolute atomic E-state index is 9.13. The third-order valence-electron chi connectivity index (χ3n) is 3.72. The minimum Gasteiger partial charge on any atom is -0.396 e. The van der Waals surface area contributed by atoms with E-state index in [2.05, 4.69) is 27.7 Å². The van der Waals surface area contributed by atoms with E-state index in [4.69, 9.17) is 19.7 Å². The maximum Gasteiger partial charge on any atom is 0.0487 e. The minimum atomic E-state index is 0.00875. The van der Waals surface area contributed by atoms with Crippen LogP contribution in [0.2, 0.25) is 0 Å². The van der Waals surface area contributed by atoms with Crippen LogP contribution in [0.4, 0.5) is 0 Å². The Labute approximate surface area is 130 Å². The molecule has 0 bridgehead atoms.